The molecular weight excluding hydrogens is 214 g/mol. The van der Waals surface area contributed by atoms with Crippen LogP contribution < -0.4 is 0 Å². The highest BCUT2D eigenvalue weighted by atomic mass is 35.5. The number of aryl methyl sites for hydroxylation is 1. The fraction of sp³-hybridized carbons (Fsp3) is 0.111. The van der Waals surface area contributed by atoms with Crippen LogP contribution in [0.2, 0.25) is 10.0 Å². The minimum Gasteiger partial charge on any atom is -0.461 e. The highest BCUT2D eigenvalue weighted by Gasteiger charge is 2.13. The normalized spacial score (nSPS) is 11.1. The van der Waals surface area contributed by atoms with Crippen LogP contribution in [0.1, 0.15) is 5.76 Å². The molecule has 0 aliphatic heterocycles. The molecule has 0 aliphatic rings. The second-order valence-electron chi connectivity index (χ2n) is 2.76. The number of hydrogen-bond acceptors (Lipinski definition) is 1. The highest BCUT2D eigenvalue weighted by Crippen LogP contribution is 2.33. The van der Waals surface area contributed by atoms with E-state index < -0.39 is 5.82 Å². The fourth-order valence-corrected chi connectivity index (χ4v) is 1.70. The molecule has 13 heavy (non-hydrogen) atoms. The van der Waals surface area contributed by atoms with Crippen molar-refractivity contribution in [1.29, 1.82) is 0 Å². The molecule has 0 aliphatic carbocycles. The Morgan fingerprint density at radius 2 is 2.00 bits per heavy atom. The van der Waals surface area contributed by atoms with Gasteiger partial charge in [0.1, 0.15) is 11.3 Å². The molecule has 2 rings (SSSR count). The molecule has 0 radical (unpaired) electrons. The van der Waals surface area contributed by atoms with Gasteiger partial charge in [0.25, 0.3) is 0 Å². The second kappa shape index (κ2) is 2.89. The molecule has 2 aromatic rings. The van der Waals surface area contributed by atoms with E-state index in [4.69, 9.17) is 27.6 Å². The molecule has 0 bridgehead atoms. The van der Waals surface area contributed by atoms with Crippen LogP contribution in [0.3, 0.4) is 0 Å². The lowest BCUT2D eigenvalue weighted by atomic mass is 10.2. The third-order valence-corrected chi connectivity index (χ3v) is 2.43. The maximum atomic E-state index is 13.2. The van der Waals surface area contributed by atoms with Crippen LogP contribution in [0.4, 0.5) is 4.39 Å². The Morgan fingerprint density at radius 3 is 2.69 bits per heavy atom. The van der Waals surface area contributed by atoms with Crippen molar-refractivity contribution in [2.45, 2.75) is 6.92 Å². The number of hydrogen-bond donors (Lipinski definition) is 0. The van der Waals surface area contributed by atoms with E-state index >= 15 is 0 Å². The van der Waals surface area contributed by atoms with Crippen LogP contribution in [0, 0.1) is 12.7 Å². The van der Waals surface area contributed by atoms with Crippen LogP contribution in [0.5, 0.6) is 0 Å². The molecule has 0 saturated carbocycles. The predicted octanol–water partition coefficient (Wildman–Crippen LogP) is 4.19. The zero-order valence-corrected chi connectivity index (χ0v) is 8.21. The molecule has 1 aromatic heterocycles. The molecule has 4 heteroatoms. The summed E-state index contributed by atoms with van der Waals surface area (Å²) < 4.78 is 18.4. The molecule has 68 valence electrons. The van der Waals surface area contributed by atoms with Gasteiger partial charge in [0.2, 0.25) is 0 Å². The molecule has 0 saturated heterocycles. The average Bonchev–Trinajstić information content (AvgIpc) is 2.42. The third-order valence-electron chi connectivity index (χ3n) is 1.78. The van der Waals surface area contributed by atoms with E-state index in [9.17, 15) is 4.39 Å². The summed E-state index contributed by atoms with van der Waals surface area (Å²) >= 11 is 11.3. The summed E-state index contributed by atoms with van der Waals surface area (Å²) in [6.45, 7) is 1.77. The smallest absolute Gasteiger partial charge is 0.161 e. The molecular formula is C9H5Cl2FO. The fourth-order valence-electron chi connectivity index (χ4n) is 1.21. The van der Waals surface area contributed by atoms with Gasteiger partial charge >= 0.3 is 0 Å². The van der Waals surface area contributed by atoms with Gasteiger partial charge in [-0.15, -0.1) is 0 Å². The van der Waals surface area contributed by atoms with Crippen molar-refractivity contribution in [3.63, 3.8) is 0 Å². The second-order valence-corrected chi connectivity index (χ2v) is 3.54. The Hall–Kier alpha value is -0.730. The number of furan rings is 1. The van der Waals surface area contributed by atoms with Crippen molar-refractivity contribution in [2.75, 3.05) is 0 Å². The molecule has 0 atom stereocenters. The number of benzene rings is 1. The van der Waals surface area contributed by atoms with Gasteiger partial charge in [-0.2, -0.15) is 0 Å². The van der Waals surface area contributed by atoms with Gasteiger partial charge in [-0.25, -0.2) is 4.39 Å². The molecule has 0 spiro atoms. The van der Waals surface area contributed by atoms with Gasteiger partial charge in [0, 0.05) is 11.5 Å². The summed E-state index contributed by atoms with van der Waals surface area (Å²) in [7, 11) is 0. The van der Waals surface area contributed by atoms with Gasteiger partial charge in [-0.1, -0.05) is 23.2 Å². The first kappa shape index (κ1) is 8.85. The Morgan fingerprint density at radius 1 is 1.31 bits per heavy atom. The minimum atomic E-state index is -0.600. The lowest BCUT2D eigenvalue weighted by Gasteiger charge is -1.97. The summed E-state index contributed by atoms with van der Waals surface area (Å²) in [5, 5.41) is 0.548. The minimum absolute atomic E-state index is 0.0133. The topological polar surface area (TPSA) is 13.1 Å². The Balaban J connectivity index is 2.92. The zero-order chi connectivity index (χ0) is 9.59. The van der Waals surface area contributed by atoms with Crippen LogP contribution in [0.15, 0.2) is 16.5 Å². The first-order valence-corrected chi connectivity index (χ1v) is 4.39. The Kier molecular flexibility index (Phi) is 1.97. The van der Waals surface area contributed by atoms with Gasteiger partial charge in [0.05, 0.1) is 10.0 Å². The number of rotatable bonds is 0. The Bertz CT molecular complexity index is 476. The van der Waals surface area contributed by atoms with Crippen LogP contribution >= 0.6 is 23.2 Å². The molecule has 1 aromatic carbocycles. The van der Waals surface area contributed by atoms with E-state index in [1.165, 1.54) is 6.07 Å². The maximum Gasteiger partial charge on any atom is 0.161 e. The summed E-state index contributed by atoms with van der Waals surface area (Å²) in [5.41, 5.74) is 0.508. The van der Waals surface area contributed by atoms with E-state index in [0.717, 1.165) is 0 Å². The summed E-state index contributed by atoms with van der Waals surface area (Å²) in [5.74, 6) is 0.0789. The van der Waals surface area contributed by atoms with Gasteiger partial charge in [-0.3, -0.25) is 0 Å². The first-order valence-electron chi connectivity index (χ1n) is 3.63. The molecule has 0 fully saturated rings. The maximum absolute atomic E-state index is 13.2. The SMILES string of the molecule is Cc1cc2c(Cl)c(F)c(Cl)cc2o1. The average molecular weight is 219 g/mol. The van der Waals surface area contributed by atoms with Crippen molar-refractivity contribution in [3.05, 3.63) is 33.8 Å². The molecule has 1 heterocycles. The lowest BCUT2D eigenvalue weighted by Crippen LogP contribution is -1.78. The summed E-state index contributed by atoms with van der Waals surface area (Å²) in [6.07, 6.45) is 0. The summed E-state index contributed by atoms with van der Waals surface area (Å²) in [4.78, 5) is 0. The van der Waals surface area contributed by atoms with Crippen LogP contribution in [-0.4, -0.2) is 0 Å². The van der Waals surface area contributed by atoms with Crippen LogP contribution in [-0.2, 0) is 0 Å². The van der Waals surface area contributed by atoms with E-state index in [1.54, 1.807) is 13.0 Å². The number of fused-ring (bicyclic) bond motifs is 1. The van der Waals surface area contributed by atoms with Gasteiger partial charge in [0.15, 0.2) is 5.82 Å². The van der Waals surface area contributed by atoms with Crippen molar-refractivity contribution in [3.8, 4) is 0 Å². The van der Waals surface area contributed by atoms with Crippen molar-refractivity contribution >= 4 is 34.2 Å². The molecule has 0 unspecified atom stereocenters. The van der Waals surface area contributed by atoms with Crippen molar-refractivity contribution in [2.24, 2.45) is 0 Å². The largest absolute Gasteiger partial charge is 0.461 e. The Labute approximate surface area is 84.0 Å². The van der Waals surface area contributed by atoms with Crippen LogP contribution in [0.25, 0.3) is 11.0 Å². The van der Waals surface area contributed by atoms with E-state index in [-0.39, 0.29) is 10.0 Å². The summed E-state index contributed by atoms with van der Waals surface area (Å²) in [6, 6.07) is 3.10. The van der Waals surface area contributed by atoms with Crippen molar-refractivity contribution in [1.82, 2.24) is 0 Å². The molecule has 1 nitrogen and oxygen atoms in total. The van der Waals surface area contributed by atoms with E-state index in [0.29, 0.717) is 16.7 Å². The van der Waals surface area contributed by atoms with Gasteiger partial charge in [-0.05, 0) is 13.0 Å². The van der Waals surface area contributed by atoms with Gasteiger partial charge < -0.3 is 4.42 Å². The molecule has 0 N–H and O–H groups in total. The predicted molar refractivity (Wildman–Crippen MR) is 50.9 cm³/mol. The van der Waals surface area contributed by atoms with Crippen molar-refractivity contribution < 1.29 is 8.81 Å². The third kappa shape index (κ3) is 1.30. The van der Waals surface area contributed by atoms with E-state index in [1.807, 2.05) is 0 Å². The standard InChI is InChI=1S/C9H5Cl2FO/c1-4-2-5-7(13-4)3-6(10)9(12)8(5)11/h2-3H,1H3. The molecule has 0 amide bonds. The highest BCUT2D eigenvalue weighted by molar-refractivity contribution is 6.38. The zero-order valence-electron chi connectivity index (χ0n) is 6.70. The number of halogens is 3. The quantitative estimate of drug-likeness (QED) is 0.605. The monoisotopic (exact) mass is 218 g/mol. The lowest BCUT2D eigenvalue weighted by molar-refractivity contribution is 0.577. The van der Waals surface area contributed by atoms with E-state index in [2.05, 4.69) is 0 Å². The first-order chi connectivity index (χ1) is 6.09.